The molecule has 0 saturated heterocycles. The zero-order valence-electron chi connectivity index (χ0n) is 20.8. The molecule has 0 atom stereocenters. The number of unbranched alkanes of at least 4 members (excludes halogenated alkanes) is 3. The molecule has 1 aromatic carbocycles. The lowest BCUT2D eigenvalue weighted by atomic mass is 10.1. The number of nitrogens with zero attached hydrogens (tertiary/aromatic N) is 2. The number of ether oxygens (including phenoxy) is 3. The van der Waals surface area contributed by atoms with Gasteiger partial charge in [0.1, 0.15) is 6.54 Å². The first-order valence-electron chi connectivity index (χ1n) is 11.8. The van der Waals surface area contributed by atoms with Crippen LogP contribution in [0, 0.1) is 0 Å². The minimum Gasteiger partial charge on any atom is -0.493 e. The molecule has 0 spiro atoms. The van der Waals surface area contributed by atoms with Crippen molar-refractivity contribution in [2.75, 3.05) is 33.1 Å². The normalized spacial score (nSPS) is 11.5. The van der Waals surface area contributed by atoms with E-state index in [4.69, 9.17) is 14.2 Å². The molecule has 1 heterocycles. The number of aromatic nitrogens is 2. The third-order valence-corrected chi connectivity index (χ3v) is 6.64. The fourth-order valence-corrected chi connectivity index (χ4v) is 4.79. The van der Waals surface area contributed by atoms with Gasteiger partial charge in [0.15, 0.2) is 22.3 Å². The second-order valence-electron chi connectivity index (χ2n) is 8.19. The Hall–Kier alpha value is -3.01. The number of esters is 1. The second-order valence-corrected chi connectivity index (χ2v) is 9.46. The van der Waals surface area contributed by atoms with Gasteiger partial charge in [-0.2, -0.15) is 5.10 Å². The highest BCUT2D eigenvalue weighted by Gasteiger charge is 2.32. The fraction of sp³-hybridized carbons (Fsp3) is 0.520. The van der Waals surface area contributed by atoms with Gasteiger partial charge in [0, 0.05) is 36.8 Å². The van der Waals surface area contributed by atoms with Crippen molar-refractivity contribution < 1.29 is 28.6 Å². The summed E-state index contributed by atoms with van der Waals surface area (Å²) < 4.78 is 17.6. The first-order valence-corrected chi connectivity index (χ1v) is 12.8. The van der Waals surface area contributed by atoms with Gasteiger partial charge < -0.3 is 19.5 Å². The summed E-state index contributed by atoms with van der Waals surface area (Å²) in [7, 11) is 3.15. The quantitative estimate of drug-likeness (QED) is 0.278. The standard InChI is InChI=1S/C25H33N3O6S/c1-5-34-22(30)15-28-24-18-14-21(33-4)20(32-3)13-17(18)12-19(24)23(27-28)25(31)26-10-8-6-7-9-11-35-16(2)29/h13-14H,5-12,15H2,1-4H3,(H,26,31). The Bertz CT molecular complexity index is 1080. The van der Waals surface area contributed by atoms with Gasteiger partial charge in [-0.15, -0.1) is 0 Å². The van der Waals surface area contributed by atoms with Crippen LogP contribution in [0.3, 0.4) is 0 Å². The van der Waals surface area contributed by atoms with Crippen molar-refractivity contribution in [3.8, 4) is 22.8 Å². The van der Waals surface area contributed by atoms with Crippen LogP contribution in [0.2, 0.25) is 0 Å². The summed E-state index contributed by atoms with van der Waals surface area (Å²) in [5, 5.41) is 7.61. The Kier molecular flexibility index (Phi) is 9.59. The summed E-state index contributed by atoms with van der Waals surface area (Å²) in [5.41, 5.74) is 3.65. The summed E-state index contributed by atoms with van der Waals surface area (Å²) in [6, 6.07) is 3.75. The van der Waals surface area contributed by atoms with E-state index in [1.165, 1.54) is 11.8 Å². The molecule has 1 amide bonds. The summed E-state index contributed by atoms with van der Waals surface area (Å²) in [6.07, 6.45) is 4.31. The number of carbonyl (C=O) groups excluding carboxylic acids is 3. The molecule has 0 unspecified atom stereocenters. The fourth-order valence-electron chi connectivity index (χ4n) is 4.15. The largest absolute Gasteiger partial charge is 0.493 e. The predicted molar refractivity (Wildman–Crippen MR) is 134 cm³/mol. The van der Waals surface area contributed by atoms with Crippen LogP contribution in [-0.4, -0.2) is 59.9 Å². The molecule has 0 saturated carbocycles. The molecule has 0 radical (unpaired) electrons. The Balaban J connectivity index is 1.73. The molecule has 1 N–H and O–H groups in total. The van der Waals surface area contributed by atoms with E-state index >= 15 is 0 Å². The lowest BCUT2D eigenvalue weighted by Crippen LogP contribution is -2.26. The van der Waals surface area contributed by atoms with Crippen LogP contribution < -0.4 is 14.8 Å². The molecule has 1 aliphatic rings. The van der Waals surface area contributed by atoms with Gasteiger partial charge in [-0.1, -0.05) is 24.6 Å². The molecule has 0 fully saturated rings. The number of thioether (sulfide) groups is 1. The van der Waals surface area contributed by atoms with Crippen LogP contribution in [0.25, 0.3) is 11.3 Å². The van der Waals surface area contributed by atoms with Crippen molar-refractivity contribution in [2.24, 2.45) is 0 Å². The average Bonchev–Trinajstić information content (AvgIpc) is 3.36. The van der Waals surface area contributed by atoms with E-state index < -0.39 is 5.97 Å². The Morgan fingerprint density at radius 1 is 1.09 bits per heavy atom. The van der Waals surface area contributed by atoms with Gasteiger partial charge in [0.2, 0.25) is 0 Å². The summed E-state index contributed by atoms with van der Waals surface area (Å²) in [5.74, 6) is 1.33. The molecule has 1 aromatic heterocycles. The van der Waals surface area contributed by atoms with Gasteiger partial charge in [-0.3, -0.25) is 19.1 Å². The van der Waals surface area contributed by atoms with Crippen molar-refractivity contribution in [3.05, 3.63) is 29.0 Å². The topological polar surface area (TPSA) is 109 Å². The summed E-state index contributed by atoms with van der Waals surface area (Å²) >= 11 is 1.35. The average molecular weight is 504 g/mol. The van der Waals surface area contributed by atoms with Gasteiger partial charge in [-0.05, 0) is 37.5 Å². The van der Waals surface area contributed by atoms with E-state index in [2.05, 4.69) is 10.4 Å². The zero-order valence-corrected chi connectivity index (χ0v) is 21.6. The maximum atomic E-state index is 13.0. The molecule has 3 rings (SSSR count). The molecule has 0 aliphatic heterocycles. The lowest BCUT2D eigenvalue weighted by Gasteiger charge is -2.12. The third-order valence-electron chi connectivity index (χ3n) is 5.74. The number of rotatable bonds is 13. The van der Waals surface area contributed by atoms with Crippen LogP contribution in [0.1, 0.15) is 61.1 Å². The smallest absolute Gasteiger partial charge is 0.327 e. The van der Waals surface area contributed by atoms with Crippen LogP contribution in [-0.2, 0) is 27.3 Å². The molecule has 10 heteroatoms. The van der Waals surface area contributed by atoms with E-state index in [0.29, 0.717) is 30.2 Å². The maximum Gasteiger partial charge on any atom is 0.327 e. The summed E-state index contributed by atoms with van der Waals surface area (Å²) in [6.45, 7) is 4.04. The van der Waals surface area contributed by atoms with Crippen molar-refractivity contribution in [1.82, 2.24) is 15.1 Å². The van der Waals surface area contributed by atoms with Crippen molar-refractivity contribution in [3.63, 3.8) is 0 Å². The number of nitrogens with one attached hydrogen (secondary N) is 1. The van der Waals surface area contributed by atoms with E-state index in [9.17, 15) is 14.4 Å². The van der Waals surface area contributed by atoms with Crippen LogP contribution in [0.15, 0.2) is 12.1 Å². The number of hydrogen-bond acceptors (Lipinski definition) is 8. The molecule has 0 bridgehead atoms. The number of fused-ring (bicyclic) bond motifs is 3. The zero-order chi connectivity index (χ0) is 25.4. The summed E-state index contributed by atoms with van der Waals surface area (Å²) in [4.78, 5) is 36.2. The second kappa shape index (κ2) is 12.6. The number of amides is 1. The molecular weight excluding hydrogens is 470 g/mol. The highest BCUT2D eigenvalue weighted by molar-refractivity contribution is 8.13. The number of methoxy groups -OCH3 is 2. The number of carbonyl (C=O) groups is 3. The Morgan fingerprint density at radius 3 is 2.49 bits per heavy atom. The number of hydrogen-bond donors (Lipinski definition) is 1. The minimum atomic E-state index is -0.415. The van der Waals surface area contributed by atoms with Crippen molar-refractivity contribution in [2.45, 2.75) is 52.5 Å². The van der Waals surface area contributed by atoms with E-state index in [1.807, 2.05) is 12.1 Å². The van der Waals surface area contributed by atoms with E-state index in [1.54, 1.807) is 32.7 Å². The maximum absolute atomic E-state index is 13.0. The highest BCUT2D eigenvalue weighted by Crippen LogP contribution is 2.44. The lowest BCUT2D eigenvalue weighted by molar-refractivity contribution is -0.144. The molecule has 1 aliphatic carbocycles. The molecule has 35 heavy (non-hydrogen) atoms. The molecule has 190 valence electrons. The van der Waals surface area contributed by atoms with Crippen LogP contribution in [0.5, 0.6) is 11.5 Å². The van der Waals surface area contributed by atoms with Crippen LogP contribution >= 0.6 is 11.8 Å². The molecular formula is C25H33N3O6S. The van der Waals surface area contributed by atoms with Gasteiger partial charge >= 0.3 is 5.97 Å². The van der Waals surface area contributed by atoms with E-state index in [0.717, 1.165) is 53.8 Å². The number of benzene rings is 1. The Labute approximate surface area is 209 Å². The third kappa shape index (κ3) is 6.56. The van der Waals surface area contributed by atoms with Gasteiger partial charge in [0.05, 0.1) is 26.5 Å². The minimum absolute atomic E-state index is 0.0878. The van der Waals surface area contributed by atoms with Crippen molar-refractivity contribution in [1.29, 1.82) is 0 Å². The first kappa shape index (κ1) is 26.6. The first-order chi connectivity index (χ1) is 16.9. The van der Waals surface area contributed by atoms with Gasteiger partial charge in [0.25, 0.3) is 5.91 Å². The van der Waals surface area contributed by atoms with E-state index in [-0.39, 0.29) is 24.2 Å². The van der Waals surface area contributed by atoms with Crippen LogP contribution in [0.4, 0.5) is 0 Å². The SMILES string of the molecule is CCOC(=O)Cn1nc(C(=O)NCCCCCCSC(C)=O)c2c1-c1cc(OC)c(OC)cc1C2. The Morgan fingerprint density at radius 2 is 1.80 bits per heavy atom. The highest BCUT2D eigenvalue weighted by atomic mass is 32.2. The van der Waals surface area contributed by atoms with Crippen molar-refractivity contribution >= 4 is 28.8 Å². The molecule has 2 aromatic rings. The molecule has 9 nitrogen and oxygen atoms in total. The predicted octanol–water partition coefficient (Wildman–Crippen LogP) is 3.60. The monoisotopic (exact) mass is 503 g/mol. The van der Waals surface area contributed by atoms with Gasteiger partial charge in [-0.25, -0.2) is 0 Å².